The first-order valence-corrected chi connectivity index (χ1v) is 14.3. The summed E-state index contributed by atoms with van der Waals surface area (Å²) in [6, 6.07) is 0. The molecule has 2 saturated heterocycles. The smallest absolute Gasteiger partial charge is 0.311 e. The van der Waals surface area contributed by atoms with Gasteiger partial charge in [0.15, 0.2) is 0 Å². The highest BCUT2D eigenvalue weighted by Crippen LogP contribution is 2.58. The number of esters is 2. The van der Waals surface area contributed by atoms with E-state index < -0.39 is 0 Å². The molecule has 10 atom stereocenters. The van der Waals surface area contributed by atoms with Gasteiger partial charge in [0, 0.05) is 24.9 Å². The lowest BCUT2D eigenvalue weighted by atomic mass is 9.55. The third-order valence-electron chi connectivity index (χ3n) is 11.5. The Balaban J connectivity index is 1.13. The fourth-order valence-corrected chi connectivity index (χ4v) is 9.46. The summed E-state index contributed by atoms with van der Waals surface area (Å²) in [4.78, 5) is 25.9. The highest BCUT2D eigenvalue weighted by Gasteiger charge is 2.57. The number of carbonyl (C=O) groups is 2. The van der Waals surface area contributed by atoms with E-state index in [4.69, 9.17) is 9.47 Å². The first-order valence-electron chi connectivity index (χ1n) is 14.3. The minimum absolute atomic E-state index is 0.0720. The molecule has 1 N–H and O–H groups in total. The molecule has 0 unspecified atom stereocenters. The van der Waals surface area contributed by atoms with Crippen LogP contribution in [0.2, 0.25) is 0 Å². The van der Waals surface area contributed by atoms with E-state index in [2.05, 4.69) is 27.0 Å². The Morgan fingerprint density at radius 2 is 1.25 bits per heavy atom. The van der Waals surface area contributed by atoms with E-state index in [0.717, 1.165) is 64.2 Å². The summed E-state index contributed by atoms with van der Waals surface area (Å²) < 4.78 is 11.8. The van der Waals surface area contributed by atoms with E-state index in [9.17, 15) is 14.8 Å². The maximum atomic E-state index is 12.9. The van der Waals surface area contributed by atoms with Gasteiger partial charge in [0.25, 0.3) is 0 Å². The number of hydrogen-bond acceptors (Lipinski definition) is 6. The van der Waals surface area contributed by atoms with Gasteiger partial charge in [0.1, 0.15) is 12.2 Å². The highest BCUT2D eigenvalue weighted by molar-refractivity contribution is 5.76. The van der Waals surface area contributed by atoms with Crippen molar-refractivity contribution >= 4 is 11.9 Å². The third kappa shape index (κ3) is 3.89. The van der Waals surface area contributed by atoms with Crippen molar-refractivity contribution in [3.63, 3.8) is 0 Å². The number of ether oxygens (including phenoxy) is 2. The van der Waals surface area contributed by atoms with Crippen LogP contribution in [0.3, 0.4) is 0 Å². The maximum absolute atomic E-state index is 12.9. The van der Waals surface area contributed by atoms with Gasteiger partial charge in [-0.2, -0.15) is 5.06 Å². The van der Waals surface area contributed by atoms with Crippen molar-refractivity contribution in [2.24, 2.45) is 46.3 Å². The predicted octanol–water partition coefficient (Wildman–Crippen LogP) is 5.31. The van der Waals surface area contributed by atoms with Crippen LogP contribution in [0.25, 0.3) is 0 Å². The average Bonchev–Trinajstić information content (AvgIpc) is 3.25. The number of carbonyl (C=O) groups excluding carboxylic acids is 2. The summed E-state index contributed by atoms with van der Waals surface area (Å²) in [6.45, 7) is 13.8. The van der Waals surface area contributed by atoms with E-state index in [1.54, 1.807) is 0 Å². The Labute approximate surface area is 215 Å². The summed E-state index contributed by atoms with van der Waals surface area (Å²) in [6.07, 6.45) is 10.2. The first-order chi connectivity index (χ1) is 17.1. The first kappa shape index (κ1) is 24.7. The molecule has 6 heteroatoms. The molecule has 36 heavy (non-hydrogen) atoms. The van der Waals surface area contributed by atoms with Crippen LogP contribution in [0.1, 0.15) is 78.1 Å². The summed E-state index contributed by atoms with van der Waals surface area (Å²) in [5.41, 5.74) is 2.95. The van der Waals surface area contributed by atoms with Crippen molar-refractivity contribution in [2.75, 3.05) is 13.1 Å². The van der Waals surface area contributed by atoms with Crippen LogP contribution in [0.15, 0.2) is 24.3 Å². The van der Waals surface area contributed by atoms with Gasteiger partial charge in [-0.25, -0.2) is 0 Å². The van der Waals surface area contributed by atoms with Gasteiger partial charge in [0.05, 0.1) is 11.8 Å². The summed E-state index contributed by atoms with van der Waals surface area (Å²) in [7, 11) is 0. The molecule has 0 aromatic rings. The normalized spacial score (nSPS) is 48.1. The van der Waals surface area contributed by atoms with Crippen molar-refractivity contribution < 1.29 is 24.3 Å². The largest absolute Gasteiger partial charge is 0.462 e. The van der Waals surface area contributed by atoms with E-state index in [0.29, 0.717) is 11.8 Å². The van der Waals surface area contributed by atoms with Gasteiger partial charge in [-0.05, 0) is 86.9 Å². The molecule has 0 amide bonds. The van der Waals surface area contributed by atoms with Gasteiger partial charge >= 0.3 is 11.9 Å². The lowest BCUT2D eigenvalue weighted by Gasteiger charge is -2.50. The monoisotopic (exact) mass is 497 g/mol. The summed E-state index contributed by atoms with van der Waals surface area (Å²) in [5.74, 6) is -0.0784. The molecule has 6 nitrogen and oxygen atoms in total. The standard InChI is InChI=1S/C30H43NO5/c1-17-7-5-9-29(3)13-25-19(11-23(17)29)21(27(32)35-25)15-31(34)16-22-20-12-24-18(2)8-6-10-30(24,4)14-26(20)36-28(22)33/h19-26,34H,1-2,5-16H2,3-4H3/t19-,20+,21-,22-,23-,24+,25-,26+,29+,30-/m1/s1. The number of hydroxylamine groups is 2. The van der Waals surface area contributed by atoms with Crippen LogP contribution in [-0.4, -0.2) is 47.5 Å². The predicted molar refractivity (Wildman–Crippen MR) is 135 cm³/mol. The highest BCUT2D eigenvalue weighted by atomic mass is 16.6. The van der Waals surface area contributed by atoms with Gasteiger partial charge in [-0.1, -0.05) is 38.2 Å². The van der Waals surface area contributed by atoms with Crippen molar-refractivity contribution in [1.82, 2.24) is 5.06 Å². The van der Waals surface area contributed by atoms with E-state index in [-0.39, 0.29) is 71.7 Å². The molecule has 4 aliphatic carbocycles. The van der Waals surface area contributed by atoms with Crippen molar-refractivity contribution in [3.8, 4) is 0 Å². The number of allylic oxidation sites excluding steroid dienone is 2. The second-order valence-electron chi connectivity index (χ2n) is 13.7. The lowest BCUT2D eigenvalue weighted by molar-refractivity contribution is -0.155. The Kier molecular flexibility index (Phi) is 5.95. The van der Waals surface area contributed by atoms with Crippen molar-refractivity contribution in [3.05, 3.63) is 24.3 Å². The minimum Gasteiger partial charge on any atom is -0.462 e. The van der Waals surface area contributed by atoms with Crippen molar-refractivity contribution in [2.45, 2.75) is 90.3 Å². The Morgan fingerprint density at radius 3 is 1.67 bits per heavy atom. The average molecular weight is 498 g/mol. The molecule has 198 valence electrons. The zero-order valence-corrected chi connectivity index (χ0v) is 22.0. The van der Waals surface area contributed by atoms with Crippen molar-refractivity contribution in [1.29, 1.82) is 0 Å². The van der Waals surface area contributed by atoms with Gasteiger partial charge in [0.2, 0.25) is 0 Å². The molecule has 6 aliphatic rings. The molecule has 4 saturated carbocycles. The maximum Gasteiger partial charge on any atom is 0.311 e. The molecule has 0 spiro atoms. The molecule has 2 aliphatic heterocycles. The number of fused-ring (bicyclic) bond motifs is 4. The zero-order chi connectivity index (χ0) is 25.4. The lowest BCUT2D eigenvalue weighted by Crippen LogP contribution is -2.47. The number of rotatable bonds is 4. The number of hydrogen-bond donors (Lipinski definition) is 1. The molecule has 0 aromatic heterocycles. The van der Waals surface area contributed by atoms with Crippen LogP contribution in [0.4, 0.5) is 0 Å². The SMILES string of the molecule is C=C1CCC[C@@]2(C)C[C@H]3OC(=O)[C@H](CN(O)C[C@H]4C(=O)O[C@H]5C[C@@]6(C)CCCC(=C)[C@@H]6C[C@H]54)[C@H]3C[C@H]12. The van der Waals surface area contributed by atoms with Crippen LogP contribution in [0.5, 0.6) is 0 Å². The molecular weight excluding hydrogens is 454 g/mol. The minimum atomic E-state index is -0.361. The van der Waals surface area contributed by atoms with Gasteiger partial charge in [-0.15, -0.1) is 0 Å². The van der Waals surface area contributed by atoms with Crippen LogP contribution in [0, 0.1) is 46.3 Å². The van der Waals surface area contributed by atoms with Gasteiger partial charge < -0.3 is 14.7 Å². The van der Waals surface area contributed by atoms with E-state index in [1.165, 1.54) is 16.2 Å². The molecule has 0 radical (unpaired) electrons. The Hall–Kier alpha value is -1.66. The van der Waals surface area contributed by atoms with Gasteiger partial charge in [-0.3, -0.25) is 9.59 Å². The van der Waals surface area contributed by atoms with E-state index >= 15 is 0 Å². The molecule has 0 bridgehead atoms. The summed E-state index contributed by atoms with van der Waals surface area (Å²) >= 11 is 0. The zero-order valence-electron chi connectivity index (χ0n) is 22.0. The molecule has 6 rings (SSSR count). The summed E-state index contributed by atoms with van der Waals surface area (Å²) in [5, 5.41) is 12.3. The van der Waals surface area contributed by atoms with Crippen LogP contribution >= 0.6 is 0 Å². The Bertz CT molecular complexity index is 900. The third-order valence-corrected chi connectivity index (χ3v) is 11.5. The van der Waals surface area contributed by atoms with Crippen LogP contribution in [-0.2, 0) is 19.1 Å². The second kappa shape index (κ2) is 8.69. The molecule has 0 aromatic carbocycles. The topological polar surface area (TPSA) is 76.1 Å². The molecule has 6 fully saturated rings. The van der Waals surface area contributed by atoms with E-state index in [1.807, 2.05) is 0 Å². The quantitative estimate of drug-likeness (QED) is 0.322. The molecule has 2 heterocycles. The molecular formula is C30H43NO5. The fourth-order valence-electron chi connectivity index (χ4n) is 9.46. The van der Waals surface area contributed by atoms with Crippen LogP contribution < -0.4 is 0 Å². The number of nitrogens with zero attached hydrogens (tertiary/aromatic N) is 1. The Morgan fingerprint density at radius 1 is 0.833 bits per heavy atom. The fraction of sp³-hybridized carbons (Fsp3) is 0.800. The second-order valence-corrected chi connectivity index (χ2v) is 13.7.